The Balaban J connectivity index is 1.97. The topological polar surface area (TPSA) is 139 Å². The summed E-state index contributed by atoms with van der Waals surface area (Å²) in [5.41, 5.74) is 5.18. The number of hydrogen-bond donors (Lipinski definition) is 1. The maximum absolute atomic E-state index is 11.0. The fraction of sp³-hybridized carbons (Fsp3) is 0.375. The molecule has 0 atom stereocenters. The third-order valence-electron chi connectivity index (χ3n) is 2.54. The van der Waals surface area contributed by atoms with E-state index in [2.05, 4.69) is 25.5 Å². The second-order valence-electron chi connectivity index (χ2n) is 3.91. The van der Waals surface area contributed by atoms with E-state index >= 15 is 0 Å². The molecule has 1 fully saturated rings. The van der Waals surface area contributed by atoms with E-state index in [4.69, 9.17) is 5.73 Å². The number of hydrogen-bond acceptors (Lipinski definition) is 9. The first-order chi connectivity index (χ1) is 9.16. The van der Waals surface area contributed by atoms with Crippen molar-refractivity contribution < 1.29 is 4.92 Å². The number of nitrogen functional groups attached to an aromatic ring is 1. The molecule has 2 aromatic rings. The number of nitrogens with zero attached hydrogens (tertiary/aromatic N) is 7. The van der Waals surface area contributed by atoms with Gasteiger partial charge < -0.3 is 5.73 Å². The fourth-order valence-electron chi connectivity index (χ4n) is 1.51. The largest absolute Gasteiger partial charge is 0.378 e. The molecule has 11 heteroatoms. The lowest BCUT2D eigenvalue weighted by Gasteiger charge is -2.03. The number of nitrogens with two attached hydrogens (primary N) is 1. The van der Waals surface area contributed by atoms with Crippen molar-refractivity contribution in [2.24, 2.45) is 0 Å². The molecule has 19 heavy (non-hydrogen) atoms. The molecule has 0 spiro atoms. The molecule has 2 aromatic heterocycles. The molecule has 1 aliphatic rings. The highest BCUT2D eigenvalue weighted by molar-refractivity contribution is 7.99. The first-order valence-electron chi connectivity index (χ1n) is 5.37. The summed E-state index contributed by atoms with van der Waals surface area (Å²) in [6, 6.07) is 0.274. The van der Waals surface area contributed by atoms with Crippen LogP contribution in [0.3, 0.4) is 0 Å². The zero-order valence-electron chi connectivity index (χ0n) is 9.50. The molecule has 0 saturated heterocycles. The van der Waals surface area contributed by atoms with Gasteiger partial charge in [-0.15, -0.1) is 5.10 Å². The lowest BCUT2D eigenvalue weighted by Crippen LogP contribution is -2.03. The highest BCUT2D eigenvalue weighted by Crippen LogP contribution is 2.39. The number of aromatic nitrogens is 6. The second-order valence-corrected chi connectivity index (χ2v) is 4.87. The van der Waals surface area contributed by atoms with E-state index in [1.54, 1.807) is 4.68 Å². The van der Waals surface area contributed by atoms with E-state index in [1.807, 2.05) is 0 Å². The van der Waals surface area contributed by atoms with Crippen molar-refractivity contribution in [1.82, 2.24) is 30.2 Å². The molecule has 1 aliphatic carbocycles. The van der Waals surface area contributed by atoms with Gasteiger partial charge in [-0.2, -0.15) is 0 Å². The molecule has 10 nitrogen and oxygen atoms in total. The summed E-state index contributed by atoms with van der Waals surface area (Å²) in [6.07, 6.45) is 3.19. The molecule has 1 saturated carbocycles. The standard InChI is InChI=1S/C8H8N8O2S/c9-6-5(16(17)18)7(11-3-10-6)19-8-12-13-14-15(8)4-1-2-4/h3-4H,1-2H2,(H2,9,10,11). The molecule has 0 amide bonds. The molecule has 0 unspecified atom stereocenters. The average Bonchev–Trinajstić information content (AvgIpc) is 3.10. The molecular weight excluding hydrogens is 272 g/mol. The summed E-state index contributed by atoms with van der Waals surface area (Å²) in [5.74, 6) is -0.173. The van der Waals surface area contributed by atoms with Gasteiger partial charge in [0.1, 0.15) is 6.33 Å². The van der Waals surface area contributed by atoms with Gasteiger partial charge in [0.15, 0.2) is 5.03 Å². The third-order valence-corrected chi connectivity index (χ3v) is 3.49. The quantitative estimate of drug-likeness (QED) is 0.480. The summed E-state index contributed by atoms with van der Waals surface area (Å²) >= 11 is 1.01. The van der Waals surface area contributed by atoms with Crippen LogP contribution >= 0.6 is 11.8 Å². The van der Waals surface area contributed by atoms with Gasteiger partial charge >= 0.3 is 5.69 Å². The molecule has 0 radical (unpaired) electrons. The smallest absolute Gasteiger partial charge is 0.343 e. The zero-order valence-corrected chi connectivity index (χ0v) is 10.3. The Hall–Kier alpha value is -2.30. The summed E-state index contributed by atoms with van der Waals surface area (Å²) in [4.78, 5) is 17.9. The minimum Gasteiger partial charge on any atom is -0.378 e. The molecule has 2 N–H and O–H groups in total. The van der Waals surface area contributed by atoms with Crippen LogP contribution in [-0.2, 0) is 0 Å². The van der Waals surface area contributed by atoms with Gasteiger partial charge in [-0.25, -0.2) is 14.6 Å². The van der Waals surface area contributed by atoms with Crippen molar-refractivity contribution >= 4 is 23.3 Å². The minimum atomic E-state index is -0.608. The summed E-state index contributed by atoms with van der Waals surface area (Å²) in [6.45, 7) is 0. The van der Waals surface area contributed by atoms with Crippen molar-refractivity contribution in [2.75, 3.05) is 5.73 Å². The van der Waals surface area contributed by atoms with Gasteiger partial charge in [-0.3, -0.25) is 10.1 Å². The SMILES string of the molecule is Nc1ncnc(Sc2nnnn2C2CC2)c1[N+](=O)[O-]. The Morgan fingerprint density at radius 1 is 1.47 bits per heavy atom. The highest BCUT2D eigenvalue weighted by atomic mass is 32.2. The lowest BCUT2D eigenvalue weighted by atomic mass is 10.5. The number of anilines is 1. The maximum Gasteiger partial charge on any atom is 0.343 e. The first-order valence-corrected chi connectivity index (χ1v) is 6.19. The van der Waals surface area contributed by atoms with E-state index in [0.29, 0.717) is 5.16 Å². The van der Waals surface area contributed by atoms with Crippen molar-refractivity contribution in [2.45, 2.75) is 29.1 Å². The Morgan fingerprint density at radius 2 is 2.26 bits per heavy atom. The van der Waals surface area contributed by atoms with E-state index in [0.717, 1.165) is 24.6 Å². The van der Waals surface area contributed by atoms with Gasteiger partial charge in [0, 0.05) is 0 Å². The number of nitro groups is 1. The van der Waals surface area contributed by atoms with E-state index < -0.39 is 4.92 Å². The summed E-state index contributed by atoms with van der Waals surface area (Å²) in [7, 11) is 0. The third kappa shape index (κ3) is 2.19. The summed E-state index contributed by atoms with van der Waals surface area (Å²) in [5, 5.41) is 22.9. The van der Waals surface area contributed by atoms with Crippen LogP contribution in [0, 0.1) is 10.1 Å². The first kappa shape index (κ1) is 11.8. The molecule has 0 aliphatic heterocycles. The monoisotopic (exact) mass is 280 g/mol. The molecule has 98 valence electrons. The van der Waals surface area contributed by atoms with Crippen LogP contribution in [0.15, 0.2) is 16.5 Å². The van der Waals surface area contributed by atoms with Gasteiger partial charge in [0.25, 0.3) is 0 Å². The predicted molar refractivity (Wildman–Crippen MR) is 63.3 cm³/mol. The van der Waals surface area contributed by atoms with Gasteiger partial charge in [-0.1, -0.05) is 0 Å². The summed E-state index contributed by atoms with van der Waals surface area (Å²) < 4.78 is 1.65. The Kier molecular flexibility index (Phi) is 2.74. The number of tetrazole rings is 1. The molecule has 3 rings (SSSR count). The van der Waals surface area contributed by atoms with Gasteiger partial charge in [0.05, 0.1) is 11.0 Å². The second kappa shape index (κ2) is 4.42. The van der Waals surface area contributed by atoms with Crippen LogP contribution in [0.4, 0.5) is 11.5 Å². The average molecular weight is 280 g/mol. The van der Waals surface area contributed by atoms with Crippen LogP contribution in [0.1, 0.15) is 18.9 Å². The van der Waals surface area contributed by atoms with E-state index in [9.17, 15) is 10.1 Å². The van der Waals surface area contributed by atoms with Crippen LogP contribution in [-0.4, -0.2) is 35.1 Å². The predicted octanol–water partition coefficient (Wildman–Crippen LogP) is 0.440. The normalized spacial score (nSPS) is 14.5. The Labute approximate surface area is 110 Å². The van der Waals surface area contributed by atoms with Gasteiger partial charge in [-0.05, 0) is 35.0 Å². The lowest BCUT2D eigenvalue weighted by molar-refractivity contribution is -0.387. The van der Waals surface area contributed by atoms with Crippen LogP contribution in [0.25, 0.3) is 0 Å². The van der Waals surface area contributed by atoms with Crippen molar-refractivity contribution in [3.05, 3.63) is 16.4 Å². The van der Waals surface area contributed by atoms with Gasteiger partial charge in [0.2, 0.25) is 11.0 Å². The van der Waals surface area contributed by atoms with Crippen LogP contribution in [0.5, 0.6) is 0 Å². The molecule has 2 heterocycles. The number of rotatable bonds is 4. The van der Waals surface area contributed by atoms with Crippen LogP contribution < -0.4 is 5.73 Å². The molecule has 0 bridgehead atoms. The van der Waals surface area contributed by atoms with E-state index in [1.165, 1.54) is 6.33 Å². The van der Waals surface area contributed by atoms with Crippen molar-refractivity contribution in [3.8, 4) is 0 Å². The van der Waals surface area contributed by atoms with E-state index in [-0.39, 0.29) is 22.6 Å². The van der Waals surface area contributed by atoms with Crippen LogP contribution in [0.2, 0.25) is 0 Å². The zero-order chi connectivity index (χ0) is 13.4. The van der Waals surface area contributed by atoms with Crippen molar-refractivity contribution in [3.63, 3.8) is 0 Å². The molecular formula is C8H8N8O2S. The molecule has 0 aromatic carbocycles. The van der Waals surface area contributed by atoms with Crippen molar-refractivity contribution in [1.29, 1.82) is 0 Å². The maximum atomic E-state index is 11.0. The fourth-order valence-corrected chi connectivity index (χ4v) is 2.41. The Morgan fingerprint density at radius 3 is 2.95 bits per heavy atom. The minimum absolute atomic E-state index is 0.134. The highest BCUT2D eigenvalue weighted by Gasteiger charge is 2.30. The Bertz CT molecular complexity index is 639.